The smallest absolute Gasteiger partial charge is 0.262 e. The van der Waals surface area contributed by atoms with Crippen LogP contribution in [0, 0.1) is 11.6 Å². The van der Waals surface area contributed by atoms with Crippen LogP contribution in [0.25, 0.3) is 11.0 Å². The summed E-state index contributed by atoms with van der Waals surface area (Å²) in [6.45, 7) is 0. The lowest BCUT2D eigenvalue weighted by Gasteiger charge is -2.07. The summed E-state index contributed by atoms with van der Waals surface area (Å²) in [5, 5.41) is 12.8. The molecule has 2 aromatic heterocycles. The summed E-state index contributed by atoms with van der Waals surface area (Å²) in [5.41, 5.74) is -0.381. The zero-order valence-electron chi connectivity index (χ0n) is 14.8. The molecule has 2 aromatic carbocycles. The van der Waals surface area contributed by atoms with Crippen molar-refractivity contribution in [2.75, 3.05) is 5.32 Å². The van der Waals surface area contributed by atoms with Crippen molar-refractivity contribution in [3.8, 4) is 5.75 Å². The van der Waals surface area contributed by atoms with Gasteiger partial charge in [-0.05, 0) is 42.5 Å². The molecule has 0 fully saturated rings. The molecule has 0 aliphatic heterocycles. The first kappa shape index (κ1) is 18.3. The Balaban J connectivity index is 1.90. The molecule has 29 heavy (non-hydrogen) atoms. The number of fused-ring (bicyclic) bond motifs is 1. The van der Waals surface area contributed by atoms with Gasteiger partial charge in [0.15, 0.2) is 0 Å². The number of carbonyl (C=O) groups excluding carboxylic acids is 1. The molecule has 2 heterocycles. The normalized spacial score (nSPS) is 11.6. The van der Waals surface area contributed by atoms with Crippen LogP contribution in [0.1, 0.15) is 10.4 Å². The van der Waals surface area contributed by atoms with Crippen molar-refractivity contribution < 1.29 is 23.1 Å². The highest BCUT2D eigenvalue weighted by atomic mass is 19.1. The van der Waals surface area contributed by atoms with Crippen LogP contribution in [0.2, 0.25) is 0 Å². The van der Waals surface area contributed by atoms with Gasteiger partial charge >= 0.3 is 0 Å². The predicted molar refractivity (Wildman–Crippen MR) is 102 cm³/mol. The van der Waals surface area contributed by atoms with E-state index in [9.17, 15) is 18.7 Å². The van der Waals surface area contributed by atoms with Gasteiger partial charge in [-0.1, -0.05) is 6.07 Å². The molecule has 0 aliphatic carbocycles. The topological polar surface area (TPSA) is 87.7 Å². The molecule has 144 valence electrons. The van der Waals surface area contributed by atoms with Gasteiger partial charge < -0.3 is 14.8 Å². The lowest BCUT2D eigenvalue weighted by molar-refractivity contribution is 0.102. The molecule has 0 aliphatic rings. The number of phenolic OH excluding ortho intramolecular Hbond substituents is 1. The van der Waals surface area contributed by atoms with Crippen LogP contribution >= 0.6 is 0 Å². The third kappa shape index (κ3) is 3.96. The number of pyridine rings is 1. The van der Waals surface area contributed by atoms with E-state index in [1.165, 1.54) is 24.4 Å². The summed E-state index contributed by atoms with van der Waals surface area (Å²) in [5.74, 6) is -1.84. The third-order valence-electron chi connectivity index (χ3n) is 4.02. The first-order valence-electron chi connectivity index (χ1n) is 8.49. The molecule has 0 radical (unpaired) electrons. The second-order valence-corrected chi connectivity index (χ2v) is 6.06. The van der Waals surface area contributed by atoms with Crippen molar-refractivity contribution in [2.45, 2.75) is 0 Å². The maximum Gasteiger partial charge on any atom is 0.262 e. The average Bonchev–Trinajstić information content (AvgIpc) is 2.71. The van der Waals surface area contributed by atoms with Gasteiger partial charge in [-0.15, -0.1) is 0 Å². The van der Waals surface area contributed by atoms with E-state index in [-0.39, 0.29) is 28.1 Å². The number of anilines is 1. The minimum Gasteiger partial charge on any atom is -0.508 e. The van der Waals surface area contributed by atoms with E-state index >= 15 is 0 Å². The molecule has 0 saturated carbocycles. The Morgan fingerprint density at radius 3 is 2.72 bits per heavy atom. The van der Waals surface area contributed by atoms with Gasteiger partial charge in [0.05, 0.1) is 0 Å². The lowest BCUT2D eigenvalue weighted by Crippen LogP contribution is -2.22. The Morgan fingerprint density at radius 2 is 1.93 bits per heavy atom. The van der Waals surface area contributed by atoms with Crippen molar-refractivity contribution in [1.82, 2.24) is 4.98 Å². The van der Waals surface area contributed by atoms with Crippen LogP contribution in [0.15, 0.2) is 76.3 Å². The number of aromatic nitrogens is 1. The van der Waals surface area contributed by atoms with Gasteiger partial charge in [-0.2, -0.15) is 0 Å². The van der Waals surface area contributed by atoms with Crippen molar-refractivity contribution >= 4 is 28.4 Å². The molecule has 0 atom stereocenters. The van der Waals surface area contributed by atoms with Gasteiger partial charge in [-0.3, -0.25) is 4.79 Å². The zero-order chi connectivity index (χ0) is 20.4. The molecule has 0 unspecified atom stereocenters. The summed E-state index contributed by atoms with van der Waals surface area (Å²) >= 11 is 0. The van der Waals surface area contributed by atoms with Crippen molar-refractivity contribution in [3.63, 3.8) is 0 Å². The van der Waals surface area contributed by atoms with Crippen molar-refractivity contribution in [3.05, 3.63) is 89.6 Å². The molecule has 8 heteroatoms. The molecule has 2 N–H and O–H groups in total. The fourth-order valence-corrected chi connectivity index (χ4v) is 2.65. The molecule has 4 aromatic rings. The van der Waals surface area contributed by atoms with Gasteiger partial charge in [0.25, 0.3) is 5.91 Å². The molecule has 0 bridgehead atoms. The number of amides is 1. The largest absolute Gasteiger partial charge is 0.508 e. The Labute approximate surface area is 162 Å². The van der Waals surface area contributed by atoms with E-state index in [1.807, 2.05) is 0 Å². The van der Waals surface area contributed by atoms with Crippen molar-refractivity contribution in [2.24, 2.45) is 4.99 Å². The molecule has 4 rings (SSSR count). The second-order valence-electron chi connectivity index (χ2n) is 6.06. The highest BCUT2D eigenvalue weighted by Gasteiger charge is 2.15. The molecular weight excluding hydrogens is 380 g/mol. The van der Waals surface area contributed by atoms with Crippen LogP contribution in [-0.4, -0.2) is 16.0 Å². The zero-order valence-corrected chi connectivity index (χ0v) is 14.8. The standard InChI is InChI=1S/C21H13F2N3O3/c22-13-5-7-16(23)17(10-13)25-21-15(20(28)26-19-3-1-2-8-24-19)9-12-4-6-14(27)11-18(12)29-21/h1-11,27H,(H,24,26,28). The number of rotatable bonds is 3. The molecule has 0 saturated heterocycles. The predicted octanol–water partition coefficient (Wildman–Crippen LogP) is 4.30. The number of nitrogens with zero attached hydrogens (tertiary/aromatic N) is 2. The Kier molecular flexibility index (Phi) is 4.74. The SMILES string of the molecule is O=C(Nc1ccccn1)c1cc2ccc(O)cc2oc1=Nc1cc(F)ccc1F. The number of halogens is 2. The summed E-state index contributed by atoms with van der Waals surface area (Å²) in [7, 11) is 0. The first-order chi connectivity index (χ1) is 14.0. The maximum atomic E-state index is 14.1. The number of carbonyl (C=O) groups is 1. The van der Waals surface area contributed by atoms with Gasteiger partial charge in [-0.25, -0.2) is 18.8 Å². The van der Waals surface area contributed by atoms with Crippen LogP contribution < -0.4 is 10.9 Å². The van der Waals surface area contributed by atoms with Gasteiger partial charge in [0.1, 0.15) is 40.0 Å². The Hall–Kier alpha value is -4.07. The molecule has 1 amide bonds. The van der Waals surface area contributed by atoms with Crippen LogP contribution in [-0.2, 0) is 0 Å². The van der Waals surface area contributed by atoms with Gasteiger partial charge in [0, 0.05) is 23.7 Å². The molecule has 0 spiro atoms. The fourth-order valence-electron chi connectivity index (χ4n) is 2.65. The number of aromatic hydroxyl groups is 1. The Bertz CT molecular complexity index is 1290. The number of nitrogens with one attached hydrogen (secondary N) is 1. The van der Waals surface area contributed by atoms with E-state index < -0.39 is 17.5 Å². The highest BCUT2D eigenvalue weighted by Crippen LogP contribution is 2.22. The first-order valence-corrected chi connectivity index (χ1v) is 8.49. The fraction of sp³-hybridized carbons (Fsp3) is 0. The lowest BCUT2D eigenvalue weighted by atomic mass is 10.1. The van der Waals surface area contributed by atoms with Crippen LogP contribution in [0.3, 0.4) is 0 Å². The van der Waals surface area contributed by atoms with E-state index in [4.69, 9.17) is 4.42 Å². The summed E-state index contributed by atoms with van der Waals surface area (Å²) in [6, 6.07) is 13.6. The van der Waals surface area contributed by atoms with Gasteiger partial charge in [0.2, 0.25) is 5.55 Å². The van der Waals surface area contributed by atoms with E-state index in [1.54, 1.807) is 24.3 Å². The number of hydrogen-bond donors (Lipinski definition) is 2. The molecular formula is C21H13F2N3O3. The Morgan fingerprint density at radius 1 is 1.07 bits per heavy atom. The highest BCUT2D eigenvalue weighted by molar-refractivity contribution is 6.05. The minimum absolute atomic E-state index is 0.0162. The molecule has 6 nitrogen and oxygen atoms in total. The monoisotopic (exact) mass is 393 g/mol. The number of hydrogen-bond acceptors (Lipinski definition) is 5. The van der Waals surface area contributed by atoms with Crippen LogP contribution in [0.5, 0.6) is 5.75 Å². The minimum atomic E-state index is -0.784. The summed E-state index contributed by atoms with van der Waals surface area (Å²) in [6.07, 6.45) is 1.51. The van der Waals surface area contributed by atoms with E-state index in [2.05, 4.69) is 15.3 Å². The van der Waals surface area contributed by atoms with E-state index in [0.717, 1.165) is 18.2 Å². The summed E-state index contributed by atoms with van der Waals surface area (Å²) in [4.78, 5) is 20.8. The average molecular weight is 393 g/mol. The maximum absolute atomic E-state index is 14.1. The van der Waals surface area contributed by atoms with Crippen LogP contribution in [0.4, 0.5) is 20.3 Å². The second kappa shape index (κ2) is 7.51. The summed E-state index contributed by atoms with van der Waals surface area (Å²) < 4.78 is 33.2. The number of benzene rings is 2. The quantitative estimate of drug-likeness (QED) is 0.543. The van der Waals surface area contributed by atoms with E-state index in [0.29, 0.717) is 11.2 Å². The van der Waals surface area contributed by atoms with Crippen molar-refractivity contribution in [1.29, 1.82) is 0 Å². The third-order valence-corrected chi connectivity index (χ3v) is 4.02. The number of phenols is 1.